The Hall–Kier alpha value is -3.31. The molecule has 184 valence electrons. The number of aromatic nitrogens is 2. The van der Waals surface area contributed by atoms with E-state index in [9.17, 15) is 31.5 Å². The molecule has 1 aliphatic rings. The summed E-state index contributed by atoms with van der Waals surface area (Å²) < 4.78 is 65.0. The molecule has 1 N–H and O–H groups in total. The number of alkyl halides is 5. The van der Waals surface area contributed by atoms with Crippen molar-refractivity contribution in [3.05, 3.63) is 48.0 Å². The molecule has 34 heavy (non-hydrogen) atoms. The van der Waals surface area contributed by atoms with E-state index in [1.165, 1.54) is 21.9 Å². The first-order chi connectivity index (χ1) is 15.8. The van der Waals surface area contributed by atoms with E-state index in [0.717, 1.165) is 24.5 Å². The van der Waals surface area contributed by atoms with E-state index < -0.39 is 35.4 Å². The Morgan fingerprint density at radius 1 is 1.09 bits per heavy atom. The Morgan fingerprint density at radius 2 is 1.74 bits per heavy atom. The number of pyridine rings is 2. The number of hydrogen-bond donors (Lipinski definition) is 1. The first-order valence-corrected chi connectivity index (χ1v) is 10.5. The lowest BCUT2D eigenvalue weighted by Crippen LogP contribution is -2.41. The predicted molar refractivity (Wildman–Crippen MR) is 114 cm³/mol. The van der Waals surface area contributed by atoms with Crippen molar-refractivity contribution in [1.82, 2.24) is 14.9 Å². The molecule has 3 amide bonds. The molecule has 0 unspecified atom stereocenters. The summed E-state index contributed by atoms with van der Waals surface area (Å²) in [6.45, 7) is 4.45. The van der Waals surface area contributed by atoms with Crippen molar-refractivity contribution in [3.8, 4) is 0 Å². The number of anilines is 2. The van der Waals surface area contributed by atoms with Crippen molar-refractivity contribution >= 4 is 23.3 Å². The maximum absolute atomic E-state index is 13.3. The number of carbonyl (C=O) groups is 2. The summed E-state index contributed by atoms with van der Waals surface area (Å²) in [5, 5.41) is 2.52. The molecular weight excluding hydrogens is 461 g/mol. The zero-order valence-corrected chi connectivity index (χ0v) is 18.7. The van der Waals surface area contributed by atoms with E-state index in [2.05, 4.69) is 15.3 Å². The molecule has 1 atom stereocenters. The highest BCUT2D eigenvalue weighted by Crippen LogP contribution is 2.31. The monoisotopic (exact) mass is 485 g/mol. The molecule has 0 aliphatic carbocycles. The van der Waals surface area contributed by atoms with Gasteiger partial charge in [-0.05, 0) is 36.6 Å². The van der Waals surface area contributed by atoms with Crippen molar-refractivity contribution in [2.24, 2.45) is 5.92 Å². The Balaban J connectivity index is 1.73. The lowest BCUT2D eigenvalue weighted by Gasteiger charge is -2.24. The summed E-state index contributed by atoms with van der Waals surface area (Å²) >= 11 is 0. The summed E-state index contributed by atoms with van der Waals surface area (Å²) in [4.78, 5) is 35.3. The molecule has 2 aromatic rings. The van der Waals surface area contributed by atoms with Gasteiger partial charge >= 0.3 is 12.2 Å². The van der Waals surface area contributed by atoms with Crippen LogP contribution in [0.15, 0.2) is 36.7 Å². The number of nitrogens with one attached hydrogen (secondary N) is 1. The van der Waals surface area contributed by atoms with Gasteiger partial charge in [-0.1, -0.05) is 13.8 Å². The van der Waals surface area contributed by atoms with Gasteiger partial charge in [0.2, 0.25) is 5.91 Å². The Morgan fingerprint density at radius 3 is 2.24 bits per heavy atom. The summed E-state index contributed by atoms with van der Waals surface area (Å²) in [6.07, 6.45) is -1.96. The van der Waals surface area contributed by atoms with Gasteiger partial charge in [-0.15, -0.1) is 0 Å². The first kappa shape index (κ1) is 25.3. The van der Waals surface area contributed by atoms with Crippen molar-refractivity contribution in [2.75, 3.05) is 23.3 Å². The number of hydrogen-bond acceptors (Lipinski definition) is 4. The van der Waals surface area contributed by atoms with Crippen LogP contribution in [0.3, 0.4) is 0 Å². The van der Waals surface area contributed by atoms with Crippen LogP contribution >= 0.6 is 0 Å². The van der Waals surface area contributed by atoms with Gasteiger partial charge in [0.05, 0.1) is 29.8 Å². The molecule has 0 bridgehead atoms. The van der Waals surface area contributed by atoms with Gasteiger partial charge in [0, 0.05) is 13.5 Å². The van der Waals surface area contributed by atoms with Crippen LogP contribution in [-0.4, -0.2) is 45.9 Å². The Bertz CT molecular complexity index is 1020. The topological polar surface area (TPSA) is 78.4 Å². The van der Waals surface area contributed by atoms with Gasteiger partial charge in [-0.3, -0.25) is 14.7 Å². The molecule has 3 heterocycles. The van der Waals surface area contributed by atoms with Gasteiger partial charge in [0.1, 0.15) is 17.9 Å². The summed E-state index contributed by atoms with van der Waals surface area (Å²) in [6, 6.07) is 3.44. The highest BCUT2D eigenvalue weighted by Gasteiger charge is 2.40. The lowest BCUT2D eigenvalue weighted by molar-refractivity contribution is -0.141. The zero-order chi connectivity index (χ0) is 25.3. The van der Waals surface area contributed by atoms with Crippen molar-refractivity contribution in [2.45, 2.75) is 45.3 Å². The van der Waals surface area contributed by atoms with Crippen LogP contribution in [0.2, 0.25) is 0 Å². The maximum Gasteiger partial charge on any atom is 0.433 e. The van der Waals surface area contributed by atoms with Gasteiger partial charge < -0.3 is 10.2 Å². The molecule has 1 saturated heterocycles. The first-order valence-electron chi connectivity index (χ1n) is 10.5. The number of amides is 3. The lowest BCUT2D eigenvalue weighted by atomic mass is 10.0. The van der Waals surface area contributed by atoms with E-state index >= 15 is 0 Å². The SMILES string of the molecule is CC(C)C[C@H]1CN(c2ccc(C(F)(F)F)nc2)C(=O)N1CC(=O)Nc1ccc(C(C)(F)F)nc1. The minimum Gasteiger partial charge on any atom is -0.323 e. The van der Waals surface area contributed by atoms with Gasteiger partial charge in [-0.25, -0.2) is 9.78 Å². The average molecular weight is 485 g/mol. The van der Waals surface area contributed by atoms with Gasteiger partial charge in [0.15, 0.2) is 0 Å². The Labute approximate surface area is 193 Å². The summed E-state index contributed by atoms with van der Waals surface area (Å²) in [5.41, 5.74) is -1.14. The smallest absolute Gasteiger partial charge is 0.323 e. The molecule has 3 rings (SSSR count). The molecule has 0 aromatic carbocycles. The third kappa shape index (κ3) is 5.97. The molecule has 12 heteroatoms. The number of nitrogens with zero attached hydrogens (tertiary/aromatic N) is 4. The number of urea groups is 1. The third-order valence-corrected chi connectivity index (χ3v) is 5.22. The molecule has 2 aromatic heterocycles. The van der Waals surface area contributed by atoms with Crippen molar-refractivity contribution < 1.29 is 31.5 Å². The van der Waals surface area contributed by atoms with Crippen LogP contribution in [-0.2, 0) is 16.9 Å². The molecule has 1 aliphatic heterocycles. The van der Waals surface area contributed by atoms with Gasteiger partial charge in [-0.2, -0.15) is 22.0 Å². The largest absolute Gasteiger partial charge is 0.433 e. The fourth-order valence-electron chi connectivity index (χ4n) is 3.65. The van der Waals surface area contributed by atoms with Crippen LogP contribution in [0.25, 0.3) is 0 Å². The van der Waals surface area contributed by atoms with Crippen LogP contribution in [0, 0.1) is 5.92 Å². The molecular formula is C22H24F5N5O2. The second kappa shape index (κ2) is 9.51. The summed E-state index contributed by atoms with van der Waals surface area (Å²) in [5.74, 6) is -3.50. The number of rotatable bonds is 7. The van der Waals surface area contributed by atoms with Crippen LogP contribution in [0.4, 0.5) is 38.1 Å². The van der Waals surface area contributed by atoms with E-state index in [1.807, 2.05) is 13.8 Å². The minimum absolute atomic E-state index is 0.180. The second-order valence-electron chi connectivity index (χ2n) is 8.57. The molecule has 7 nitrogen and oxygen atoms in total. The molecule has 1 fully saturated rings. The minimum atomic E-state index is -4.60. The number of halogens is 5. The number of carbonyl (C=O) groups excluding carboxylic acids is 2. The fraction of sp³-hybridized carbons (Fsp3) is 0.455. The molecule has 0 spiro atoms. The standard InChI is InChI=1S/C22H24F5N5O2/c1-13(2)8-16-11-31(15-5-7-18(29-10-15)22(25,26)27)20(34)32(16)12-19(33)30-14-4-6-17(28-9-14)21(3,23)24/h4-7,9-10,13,16H,8,11-12H2,1-3H3,(H,30,33)/t16-/m0/s1. The zero-order valence-electron chi connectivity index (χ0n) is 18.7. The summed E-state index contributed by atoms with van der Waals surface area (Å²) in [7, 11) is 0. The average Bonchev–Trinajstić information content (AvgIpc) is 3.02. The second-order valence-corrected chi connectivity index (χ2v) is 8.57. The van der Waals surface area contributed by atoms with E-state index in [-0.39, 0.29) is 36.4 Å². The van der Waals surface area contributed by atoms with E-state index in [1.54, 1.807) is 0 Å². The highest BCUT2D eigenvalue weighted by molar-refractivity contribution is 5.99. The fourth-order valence-corrected chi connectivity index (χ4v) is 3.65. The molecule has 0 saturated carbocycles. The predicted octanol–water partition coefficient (Wildman–Crippen LogP) is 4.90. The van der Waals surface area contributed by atoms with E-state index in [4.69, 9.17) is 0 Å². The Kier molecular flexibility index (Phi) is 7.08. The highest BCUT2D eigenvalue weighted by atomic mass is 19.4. The normalized spacial score (nSPS) is 17.0. The van der Waals surface area contributed by atoms with Gasteiger partial charge in [0.25, 0.3) is 5.92 Å². The van der Waals surface area contributed by atoms with Crippen LogP contribution < -0.4 is 10.2 Å². The maximum atomic E-state index is 13.3. The molecule has 0 radical (unpaired) electrons. The van der Waals surface area contributed by atoms with E-state index in [0.29, 0.717) is 13.3 Å². The van der Waals surface area contributed by atoms with Crippen molar-refractivity contribution in [1.29, 1.82) is 0 Å². The van der Waals surface area contributed by atoms with Crippen molar-refractivity contribution in [3.63, 3.8) is 0 Å². The third-order valence-electron chi connectivity index (χ3n) is 5.22. The van der Waals surface area contributed by atoms with Crippen LogP contribution in [0.5, 0.6) is 0 Å². The van der Waals surface area contributed by atoms with Crippen LogP contribution in [0.1, 0.15) is 38.6 Å². The quantitative estimate of drug-likeness (QED) is 0.566.